The molecule has 0 aliphatic rings. The molecule has 2 heterocycles. The molecule has 0 saturated heterocycles. The third-order valence-corrected chi connectivity index (χ3v) is 1.69. The molecule has 8 heteroatoms. The monoisotopic (exact) mass is 224 g/mol. The molecule has 0 spiro atoms. The van der Waals surface area contributed by atoms with E-state index in [1.165, 1.54) is 0 Å². The van der Waals surface area contributed by atoms with Crippen LogP contribution in [-0.4, -0.2) is 26.2 Å². The number of anilines is 1. The fourth-order valence-corrected chi connectivity index (χ4v) is 1.02. The first kappa shape index (κ1) is 10.1. The van der Waals surface area contributed by atoms with Crippen LogP contribution in [0.25, 0.3) is 0 Å². The molecule has 0 aromatic carbocycles. The molecule has 0 aliphatic carbocycles. The van der Waals surface area contributed by atoms with E-state index >= 15 is 0 Å². The summed E-state index contributed by atoms with van der Waals surface area (Å²) in [6.07, 6.45) is 1.05. The van der Waals surface area contributed by atoms with Gasteiger partial charge in [0.05, 0.1) is 6.54 Å². The van der Waals surface area contributed by atoms with Gasteiger partial charge in [0.25, 0.3) is 6.01 Å². The highest BCUT2D eigenvalue weighted by molar-refractivity contribution is 5.85. The van der Waals surface area contributed by atoms with Crippen molar-refractivity contribution in [1.29, 1.82) is 0 Å². The fourth-order valence-electron chi connectivity index (χ4n) is 1.02. The van der Waals surface area contributed by atoms with E-state index in [-0.39, 0.29) is 18.3 Å². The van der Waals surface area contributed by atoms with Gasteiger partial charge in [-0.15, -0.1) is 0 Å². The summed E-state index contributed by atoms with van der Waals surface area (Å²) >= 11 is 0. The van der Waals surface area contributed by atoms with Gasteiger partial charge in [-0.3, -0.25) is 0 Å². The van der Waals surface area contributed by atoms with Crippen molar-refractivity contribution in [3.8, 4) is 0 Å². The number of nitrogens with one attached hydrogen (secondary N) is 1. The average molecular weight is 224 g/mol. The third kappa shape index (κ3) is 2.16. The normalized spacial score (nSPS) is 10.3. The minimum Gasteiger partial charge on any atom is -0.476 e. The number of nitrogens with zero attached hydrogens (tertiary/aromatic N) is 3. The van der Waals surface area contributed by atoms with Gasteiger partial charge >= 0.3 is 5.97 Å². The predicted molar refractivity (Wildman–Crippen MR) is 49.8 cm³/mol. The van der Waals surface area contributed by atoms with Crippen molar-refractivity contribution in [3.05, 3.63) is 23.7 Å². The van der Waals surface area contributed by atoms with E-state index in [1.807, 2.05) is 0 Å². The van der Waals surface area contributed by atoms with Gasteiger partial charge in [-0.05, 0) is 0 Å². The molecule has 0 atom stereocenters. The zero-order valence-corrected chi connectivity index (χ0v) is 8.30. The van der Waals surface area contributed by atoms with Gasteiger partial charge in [-0.2, -0.15) is 9.97 Å². The lowest BCUT2D eigenvalue weighted by Gasteiger charge is -1.94. The molecule has 16 heavy (non-hydrogen) atoms. The van der Waals surface area contributed by atoms with Crippen molar-refractivity contribution < 1.29 is 18.8 Å². The molecular weight excluding hydrogens is 216 g/mol. The summed E-state index contributed by atoms with van der Waals surface area (Å²) < 4.78 is 9.62. The van der Waals surface area contributed by atoms with Crippen molar-refractivity contribution in [2.24, 2.45) is 0 Å². The molecule has 2 N–H and O–H groups in total. The Bertz CT molecular complexity index is 504. The molecule has 0 amide bonds. The van der Waals surface area contributed by atoms with E-state index in [9.17, 15) is 4.79 Å². The van der Waals surface area contributed by atoms with Crippen LogP contribution in [0.1, 0.15) is 22.2 Å². The summed E-state index contributed by atoms with van der Waals surface area (Å²) in [6, 6.07) is 0.0971. The average Bonchev–Trinajstić information content (AvgIpc) is 2.83. The van der Waals surface area contributed by atoms with Crippen LogP contribution in [0, 0.1) is 6.92 Å². The molecular formula is C8H8N4O4. The van der Waals surface area contributed by atoms with Crippen molar-refractivity contribution >= 4 is 12.0 Å². The van der Waals surface area contributed by atoms with E-state index in [4.69, 9.17) is 14.0 Å². The van der Waals surface area contributed by atoms with Gasteiger partial charge in [-0.25, -0.2) is 4.79 Å². The maximum Gasteiger partial charge on any atom is 0.357 e. The lowest BCUT2D eigenvalue weighted by molar-refractivity contribution is 0.0690. The molecule has 2 aromatic heterocycles. The smallest absolute Gasteiger partial charge is 0.357 e. The Labute approximate surface area is 89.3 Å². The van der Waals surface area contributed by atoms with Gasteiger partial charge < -0.3 is 19.4 Å². The van der Waals surface area contributed by atoms with Crippen LogP contribution < -0.4 is 5.32 Å². The number of carboxylic acid groups (broad SMARTS) is 1. The first-order chi connectivity index (χ1) is 7.65. The summed E-state index contributed by atoms with van der Waals surface area (Å²) in [4.78, 5) is 18.1. The largest absolute Gasteiger partial charge is 0.476 e. The third-order valence-electron chi connectivity index (χ3n) is 1.69. The SMILES string of the molecule is Cc1nc(CNc2nc(C(=O)O)co2)no1. The second-order valence-corrected chi connectivity index (χ2v) is 2.93. The number of rotatable bonds is 4. The summed E-state index contributed by atoms with van der Waals surface area (Å²) in [6.45, 7) is 1.92. The number of aromatic nitrogens is 3. The van der Waals surface area contributed by atoms with Crippen molar-refractivity contribution in [2.45, 2.75) is 13.5 Å². The van der Waals surface area contributed by atoms with Gasteiger partial charge in [0.15, 0.2) is 11.5 Å². The van der Waals surface area contributed by atoms with Crippen molar-refractivity contribution in [1.82, 2.24) is 15.1 Å². The van der Waals surface area contributed by atoms with E-state index in [2.05, 4.69) is 20.4 Å². The number of carboxylic acids is 1. The number of oxazole rings is 1. The number of carbonyl (C=O) groups is 1. The van der Waals surface area contributed by atoms with Crippen LogP contribution in [0.15, 0.2) is 15.2 Å². The molecule has 0 fully saturated rings. The fraction of sp³-hybridized carbons (Fsp3) is 0.250. The van der Waals surface area contributed by atoms with E-state index in [0.717, 1.165) is 6.26 Å². The minimum atomic E-state index is -1.15. The second kappa shape index (κ2) is 4.01. The van der Waals surface area contributed by atoms with Crippen molar-refractivity contribution in [2.75, 3.05) is 5.32 Å². The van der Waals surface area contributed by atoms with E-state index < -0.39 is 5.97 Å². The molecule has 2 aromatic rings. The lowest BCUT2D eigenvalue weighted by atomic mass is 10.5. The van der Waals surface area contributed by atoms with Crippen molar-refractivity contribution in [3.63, 3.8) is 0 Å². The maximum absolute atomic E-state index is 10.5. The number of aryl methyl sites for hydroxylation is 1. The quantitative estimate of drug-likeness (QED) is 0.778. The first-order valence-electron chi connectivity index (χ1n) is 4.37. The van der Waals surface area contributed by atoms with E-state index in [1.54, 1.807) is 6.92 Å². The number of hydrogen-bond donors (Lipinski definition) is 2. The zero-order chi connectivity index (χ0) is 11.5. The lowest BCUT2D eigenvalue weighted by Crippen LogP contribution is -2.02. The van der Waals surface area contributed by atoms with E-state index in [0.29, 0.717) is 11.7 Å². The number of hydrogen-bond acceptors (Lipinski definition) is 7. The standard InChI is InChI=1S/C8H8N4O4/c1-4-10-6(12-16-4)2-9-8-11-5(3-15-8)7(13)14/h3H,2H2,1H3,(H,9,11)(H,13,14). The molecule has 0 aliphatic heterocycles. The van der Waals surface area contributed by atoms with Crippen LogP contribution >= 0.6 is 0 Å². The first-order valence-corrected chi connectivity index (χ1v) is 4.37. The Kier molecular flexibility index (Phi) is 2.54. The molecule has 84 valence electrons. The topological polar surface area (TPSA) is 114 Å². The Morgan fingerprint density at radius 2 is 2.38 bits per heavy atom. The Balaban J connectivity index is 1.97. The maximum atomic E-state index is 10.5. The molecule has 0 radical (unpaired) electrons. The summed E-state index contributed by atoms with van der Waals surface area (Å²) in [5, 5.41) is 15.0. The van der Waals surface area contributed by atoms with Crippen LogP contribution in [0.2, 0.25) is 0 Å². The summed E-state index contributed by atoms with van der Waals surface area (Å²) in [7, 11) is 0. The minimum absolute atomic E-state index is 0.0971. The molecule has 0 unspecified atom stereocenters. The molecule has 0 bridgehead atoms. The molecule has 0 saturated carbocycles. The Hall–Kier alpha value is -2.38. The molecule has 2 rings (SSSR count). The van der Waals surface area contributed by atoms with Gasteiger partial charge in [0.1, 0.15) is 6.26 Å². The Morgan fingerprint density at radius 1 is 1.56 bits per heavy atom. The van der Waals surface area contributed by atoms with Crippen LogP contribution in [-0.2, 0) is 6.54 Å². The zero-order valence-electron chi connectivity index (χ0n) is 8.30. The number of aromatic carboxylic acids is 1. The Morgan fingerprint density at radius 3 is 2.94 bits per heavy atom. The second-order valence-electron chi connectivity index (χ2n) is 2.93. The van der Waals surface area contributed by atoms with Crippen LogP contribution in [0.5, 0.6) is 0 Å². The highest BCUT2D eigenvalue weighted by Gasteiger charge is 2.10. The van der Waals surface area contributed by atoms with Gasteiger partial charge in [0, 0.05) is 6.92 Å². The van der Waals surface area contributed by atoms with Crippen LogP contribution in [0.4, 0.5) is 6.01 Å². The highest BCUT2D eigenvalue weighted by atomic mass is 16.5. The summed E-state index contributed by atoms with van der Waals surface area (Å²) in [5.74, 6) is -0.254. The predicted octanol–water partition coefficient (Wildman–Crippen LogP) is 0.676. The molecule has 8 nitrogen and oxygen atoms in total. The summed E-state index contributed by atoms with van der Waals surface area (Å²) in [5.41, 5.74) is -0.160. The van der Waals surface area contributed by atoms with Gasteiger partial charge in [-0.1, -0.05) is 5.16 Å². The highest BCUT2D eigenvalue weighted by Crippen LogP contribution is 2.08. The van der Waals surface area contributed by atoms with Crippen LogP contribution in [0.3, 0.4) is 0 Å². The van der Waals surface area contributed by atoms with Gasteiger partial charge in [0.2, 0.25) is 5.89 Å².